The third-order valence-corrected chi connectivity index (χ3v) is 2.42. The molecule has 90 valence electrons. The standard InChI is InChI=1S/C11H20N4O/c1-12-6-3-4-11(16)14-7-5-10-13-8-9-15(10)2/h8-9,12H,3-7H2,1-2H3,(H,14,16). The average molecular weight is 224 g/mol. The average Bonchev–Trinajstić information content (AvgIpc) is 2.65. The van der Waals surface area contributed by atoms with Crippen LogP contribution in [0.25, 0.3) is 0 Å². The highest BCUT2D eigenvalue weighted by Crippen LogP contribution is 1.94. The monoisotopic (exact) mass is 224 g/mol. The van der Waals surface area contributed by atoms with Crippen LogP contribution >= 0.6 is 0 Å². The van der Waals surface area contributed by atoms with E-state index in [-0.39, 0.29) is 5.91 Å². The smallest absolute Gasteiger partial charge is 0.220 e. The SMILES string of the molecule is CNCCCC(=O)NCCc1nccn1C. The number of imidazole rings is 1. The van der Waals surface area contributed by atoms with Gasteiger partial charge in [0.25, 0.3) is 0 Å². The molecular weight excluding hydrogens is 204 g/mol. The number of hydrogen-bond acceptors (Lipinski definition) is 3. The van der Waals surface area contributed by atoms with Gasteiger partial charge in [0.05, 0.1) is 0 Å². The predicted octanol–water partition coefficient (Wildman–Crippen LogP) is 0.0784. The van der Waals surface area contributed by atoms with Gasteiger partial charge in [0, 0.05) is 38.8 Å². The van der Waals surface area contributed by atoms with Crippen molar-refractivity contribution in [1.29, 1.82) is 0 Å². The van der Waals surface area contributed by atoms with Crippen LogP contribution in [0.4, 0.5) is 0 Å². The van der Waals surface area contributed by atoms with Crippen molar-refractivity contribution in [2.45, 2.75) is 19.3 Å². The molecule has 0 aromatic carbocycles. The minimum absolute atomic E-state index is 0.115. The molecule has 0 aliphatic carbocycles. The minimum Gasteiger partial charge on any atom is -0.356 e. The zero-order chi connectivity index (χ0) is 11.8. The molecule has 1 amide bonds. The van der Waals surface area contributed by atoms with Gasteiger partial charge in [0.1, 0.15) is 5.82 Å². The lowest BCUT2D eigenvalue weighted by Crippen LogP contribution is -2.26. The Bertz CT molecular complexity index is 322. The molecule has 0 atom stereocenters. The van der Waals surface area contributed by atoms with E-state index in [1.54, 1.807) is 6.20 Å². The first-order valence-electron chi connectivity index (χ1n) is 5.61. The molecule has 1 heterocycles. The first kappa shape index (κ1) is 12.7. The first-order valence-corrected chi connectivity index (χ1v) is 5.61. The van der Waals surface area contributed by atoms with Gasteiger partial charge >= 0.3 is 0 Å². The summed E-state index contributed by atoms with van der Waals surface area (Å²) in [7, 11) is 3.84. The fourth-order valence-corrected chi connectivity index (χ4v) is 1.47. The van der Waals surface area contributed by atoms with E-state index in [1.807, 2.05) is 24.9 Å². The summed E-state index contributed by atoms with van der Waals surface area (Å²) in [4.78, 5) is 15.6. The first-order chi connectivity index (χ1) is 7.74. The Morgan fingerprint density at radius 2 is 2.31 bits per heavy atom. The number of nitrogens with one attached hydrogen (secondary N) is 2. The molecule has 5 nitrogen and oxygen atoms in total. The van der Waals surface area contributed by atoms with E-state index in [2.05, 4.69) is 15.6 Å². The molecule has 1 rings (SSSR count). The number of amides is 1. The van der Waals surface area contributed by atoms with Gasteiger partial charge in [-0.05, 0) is 20.0 Å². The molecule has 1 aromatic heterocycles. The van der Waals surface area contributed by atoms with Crippen LogP contribution in [-0.4, -0.2) is 35.6 Å². The minimum atomic E-state index is 0.115. The number of aromatic nitrogens is 2. The van der Waals surface area contributed by atoms with Crippen LogP contribution in [0, 0.1) is 0 Å². The molecule has 2 N–H and O–H groups in total. The highest BCUT2D eigenvalue weighted by atomic mass is 16.1. The number of nitrogens with zero attached hydrogens (tertiary/aromatic N) is 2. The van der Waals surface area contributed by atoms with Crippen LogP contribution in [0.3, 0.4) is 0 Å². The lowest BCUT2D eigenvalue weighted by Gasteiger charge is -2.05. The van der Waals surface area contributed by atoms with Crippen molar-refractivity contribution in [1.82, 2.24) is 20.2 Å². The third-order valence-electron chi connectivity index (χ3n) is 2.42. The molecule has 1 aromatic rings. The molecule has 0 fully saturated rings. The molecule has 0 unspecified atom stereocenters. The van der Waals surface area contributed by atoms with Crippen LogP contribution < -0.4 is 10.6 Å². The molecule has 0 bridgehead atoms. The lowest BCUT2D eigenvalue weighted by molar-refractivity contribution is -0.121. The molecule has 16 heavy (non-hydrogen) atoms. The molecule has 5 heteroatoms. The van der Waals surface area contributed by atoms with Crippen molar-refractivity contribution in [3.8, 4) is 0 Å². The van der Waals surface area contributed by atoms with Crippen molar-refractivity contribution in [3.63, 3.8) is 0 Å². The Balaban J connectivity index is 2.11. The molecule has 0 aliphatic rings. The van der Waals surface area contributed by atoms with Crippen molar-refractivity contribution in [2.24, 2.45) is 7.05 Å². The molecule has 0 aliphatic heterocycles. The van der Waals surface area contributed by atoms with E-state index in [0.717, 1.165) is 25.2 Å². The number of carbonyl (C=O) groups is 1. The van der Waals surface area contributed by atoms with Gasteiger partial charge in [-0.25, -0.2) is 4.98 Å². The van der Waals surface area contributed by atoms with E-state index < -0.39 is 0 Å². The van der Waals surface area contributed by atoms with Crippen LogP contribution in [0.2, 0.25) is 0 Å². The van der Waals surface area contributed by atoms with Gasteiger partial charge in [-0.3, -0.25) is 4.79 Å². The highest BCUT2D eigenvalue weighted by Gasteiger charge is 2.02. The maximum absolute atomic E-state index is 11.4. The normalized spacial score (nSPS) is 10.4. The highest BCUT2D eigenvalue weighted by molar-refractivity contribution is 5.75. The van der Waals surface area contributed by atoms with Gasteiger partial charge in [-0.15, -0.1) is 0 Å². The van der Waals surface area contributed by atoms with E-state index in [4.69, 9.17) is 0 Å². The van der Waals surface area contributed by atoms with Crippen LogP contribution in [0.1, 0.15) is 18.7 Å². The quantitative estimate of drug-likeness (QED) is 0.645. The second-order valence-electron chi connectivity index (χ2n) is 3.76. The van der Waals surface area contributed by atoms with Crippen molar-refractivity contribution in [3.05, 3.63) is 18.2 Å². The Hall–Kier alpha value is -1.36. The summed E-state index contributed by atoms with van der Waals surface area (Å²) in [5.41, 5.74) is 0. The summed E-state index contributed by atoms with van der Waals surface area (Å²) in [5.74, 6) is 1.11. The van der Waals surface area contributed by atoms with E-state index in [0.29, 0.717) is 13.0 Å². The van der Waals surface area contributed by atoms with Crippen LogP contribution in [-0.2, 0) is 18.3 Å². The number of hydrogen-bond donors (Lipinski definition) is 2. The second kappa shape index (κ2) is 7.00. The summed E-state index contributed by atoms with van der Waals surface area (Å²) in [6.45, 7) is 1.54. The van der Waals surface area contributed by atoms with Gasteiger partial charge in [-0.1, -0.05) is 0 Å². The summed E-state index contributed by atoms with van der Waals surface area (Å²) in [6, 6.07) is 0. The van der Waals surface area contributed by atoms with E-state index in [9.17, 15) is 4.79 Å². The zero-order valence-electron chi connectivity index (χ0n) is 9.99. The topological polar surface area (TPSA) is 59.0 Å². The predicted molar refractivity (Wildman–Crippen MR) is 63.1 cm³/mol. The Morgan fingerprint density at radius 3 is 2.94 bits per heavy atom. The maximum atomic E-state index is 11.4. The summed E-state index contributed by atoms with van der Waals surface area (Å²) in [5, 5.41) is 5.90. The zero-order valence-corrected chi connectivity index (χ0v) is 9.99. The van der Waals surface area contributed by atoms with Gasteiger partial charge < -0.3 is 15.2 Å². The number of rotatable bonds is 7. The number of carbonyl (C=O) groups excluding carboxylic acids is 1. The lowest BCUT2D eigenvalue weighted by atomic mass is 10.3. The van der Waals surface area contributed by atoms with Gasteiger partial charge in [-0.2, -0.15) is 0 Å². The Labute approximate surface area is 96.3 Å². The summed E-state index contributed by atoms with van der Waals surface area (Å²) < 4.78 is 1.97. The summed E-state index contributed by atoms with van der Waals surface area (Å²) >= 11 is 0. The Kier molecular flexibility index (Phi) is 5.56. The van der Waals surface area contributed by atoms with Crippen molar-refractivity contribution < 1.29 is 4.79 Å². The van der Waals surface area contributed by atoms with Crippen molar-refractivity contribution in [2.75, 3.05) is 20.1 Å². The molecular formula is C11H20N4O. The molecule has 0 saturated carbocycles. The molecule has 0 saturated heterocycles. The largest absolute Gasteiger partial charge is 0.356 e. The van der Waals surface area contributed by atoms with E-state index >= 15 is 0 Å². The van der Waals surface area contributed by atoms with Crippen molar-refractivity contribution >= 4 is 5.91 Å². The second-order valence-corrected chi connectivity index (χ2v) is 3.76. The van der Waals surface area contributed by atoms with Gasteiger partial charge in [0.2, 0.25) is 5.91 Å². The number of aryl methyl sites for hydroxylation is 1. The Morgan fingerprint density at radius 1 is 1.50 bits per heavy atom. The van der Waals surface area contributed by atoms with Crippen LogP contribution in [0.15, 0.2) is 12.4 Å². The fourth-order valence-electron chi connectivity index (χ4n) is 1.47. The van der Waals surface area contributed by atoms with Gasteiger partial charge in [0.15, 0.2) is 0 Å². The molecule has 0 radical (unpaired) electrons. The summed E-state index contributed by atoms with van der Waals surface area (Å²) in [6.07, 6.45) is 5.92. The maximum Gasteiger partial charge on any atom is 0.220 e. The van der Waals surface area contributed by atoms with E-state index in [1.165, 1.54) is 0 Å². The molecule has 0 spiro atoms. The third kappa shape index (κ3) is 4.44. The van der Waals surface area contributed by atoms with Crippen LogP contribution in [0.5, 0.6) is 0 Å². The fraction of sp³-hybridized carbons (Fsp3) is 0.636.